The first-order chi connectivity index (χ1) is 12.3. The molecule has 1 aliphatic carbocycles. The van der Waals surface area contributed by atoms with Crippen LogP contribution in [-0.2, 0) is 0 Å². The molecule has 0 atom stereocenters. The van der Waals surface area contributed by atoms with Gasteiger partial charge in [-0.05, 0) is 37.8 Å². The monoisotopic (exact) mass is 333 g/mol. The number of pyridine rings is 1. The van der Waals surface area contributed by atoms with Gasteiger partial charge in [0.05, 0.1) is 11.9 Å². The maximum atomic E-state index is 11.9. The molecule has 0 radical (unpaired) electrons. The van der Waals surface area contributed by atoms with Gasteiger partial charge in [-0.1, -0.05) is 24.3 Å². The van der Waals surface area contributed by atoms with Gasteiger partial charge >= 0.3 is 0 Å². The molecule has 1 aliphatic rings. The SMILES string of the molecule is N#Cc1c(Nc2ccccc2)c(C=NNC2=CCCCC2)c[nH]c1=O. The number of nitrogens with zero attached hydrogens (tertiary/aromatic N) is 2. The number of hydrazone groups is 1. The molecule has 6 nitrogen and oxygen atoms in total. The quantitative estimate of drug-likeness (QED) is 0.578. The molecule has 2 aromatic rings. The summed E-state index contributed by atoms with van der Waals surface area (Å²) >= 11 is 0. The predicted molar refractivity (Wildman–Crippen MR) is 98.8 cm³/mol. The largest absolute Gasteiger partial charge is 0.354 e. The van der Waals surface area contributed by atoms with Crippen LogP contribution in [0.15, 0.2) is 58.2 Å². The Bertz CT molecular complexity index is 890. The summed E-state index contributed by atoms with van der Waals surface area (Å²) in [6.07, 6.45) is 9.74. The second-order valence-electron chi connectivity index (χ2n) is 5.77. The highest BCUT2D eigenvalue weighted by atomic mass is 16.1. The number of hydrogen-bond donors (Lipinski definition) is 3. The van der Waals surface area contributed by atoms with Crippen LogP contribution in [0.2, 0.25) is 0 Å². The molecule has 3 rings (SSSR count). The highest BCUT2D eigenvalue weighted by molar-refractivity contribution is 5.90. The lowest BCUT2D eigenvalue weighted by Gasteiger charge is -2.12. The standard InChI is InChI=1S/C19H19N5O/c20-11-17-18(23-15-7-3-1-4-8-15)14(12-21-19(17)25)13-22-24-16-9-5-2-6-10-16/h1,3-4,7-9,12-13,24H,2,5-6,10H2,(H2,21,23,25). The molecule has 0 aliphatic heterocycles. The second kappa shape index (κ2) is 7.97. The Morgan fingerprint density at radius 2 is 2.08 bits per heavy atom. The molecular formula is C19H19N5O. The topological polar surface area (TPSA) is 93.1 Å². The number of allylic oxidation sites excluding steroid dienone is 2. The van der Waals surface area contributed by atoms with Gasteiger partial charge < -0.3 is 10.3 Å². The number of H-pyrrole nitrogens is 1. The first-order valence-electron chi connectivity index (χ1n) is 8.24. The molecule has 0 spiro atoms. The Hall–Kier alpha value is -3.33. The lowest BCUT2D eigenvalue weighted by atomic mass is 10.1. The smallest absolute Gasteiger partial charge is 0.268 e. The molecule has 1 aromatic carbocycles. The Morgan fingerprint density at radius 1 is 1.24 bits per heavy atom. The number of nitriles is 1. The fourth-order valence-corrected chi connectivity index (χ4v) is 2.68. The van der Waals surface area contributed by atoms with Gasteiger partial charge in [-0.3, -0.25) is 10.2 Å². The average Bonchev–Trinajstić information content (AvgIpc) is 2.65. The van der Waals surface area contributed by atoms with Gasteiger partial charge in [-0.25, -0.2) is 0 Å². The van der Waals surface area contributed by atoms with E-state index < -0.39 is 5.56 Å². The Kier molecular flexibility index (Phi) is 5.27. The van der Waals surface area contributed by atoms with Crippen LogP contribution in [-0.4, -0.2) is 11.2 Å². The molecule has 0 amide bonds. The lowest BCUT2D eigenvalue weighted by molar-refractivity contribution is 0.653. The molecule has 0 fully saturated rings. The summed E-state index contributed by atoms with van der Waals surface area (Å²) in [5, 5.41) is 16.8. The summed E-state index contributed by atoms with van der Waals surface area (Å²) in [5.41, 5.74) is 5.61. The maximum Gasteiger partial charge on any atom is 0.268 e. The molecule has 0 bridgehead atoms. The van der Waals surface area contributed by atoms with Crippen LogP contribution >= 0.6 is 0 Å². The zero-order valence-corrected chi connectivity index (χ0v) is 13.7. The van der Waals surface area contributed by atoms with Gasteiger partial charge in [0, 0.05) is 23.1 Å². The molecule has 1 heterocycles. The number of nitrogens with one attached hydrogen (secondary N) is 3. The van der Waals surface area contributed by atoms with Crippen LogP contribution in [0.3, 0.4) is 0 Å². The minimum absolute atomic E-state index is 0.0321. The molecule has 0 saturated carbocycles. The van der Waals surface area contributed by atoms with E-state index in [0.717, 1.165) is 30.6 Å². The first kappa shape index (κ1) is 16.5. The van der Waals surface area contributed by atoms with E-state index in [1.165, 1.54) is 6.42 Å². The molecular weight excluding hydrogens is 314 g/mol. The van der Waals surface area contributed by atoms with Crippen molar-refractivity contribution in [3.05, 3.63) is 69.8 Å². The van der Waals surface area contributed by atoms with Crippen molar-refractivity contribution < 1.29 is 0 Å². The van der Waals surface area contributed by atoms with Crippen molar-refractivity contribution in [1.29, 1.82) is 5.26 Å². The van der Waals surface area contributed by atoms with E-state index in [0.29, 0.717) is 11.3 Å². The van der Waals surface area contributed by atoms with Crippen molar-refractivity contribution in [2.24, 2.45) is 5.10 Å². The molecule has 3 N–H and O–H groups in total. The number of rotatable bonds is 5. The normalized spacial score (nSPS) is 14.0. The third-order valence-electron chi connectivity index (χ3n) is 3.98. The predicted octanol–water partition coefficient (Wildman–Crippen LogP) is 3.37. The van der Waals surface area contributed by atoms with Crippen molar-refractivity contribution in [3.63, 3.8) is 0 Å². The van der Waals surface area contributed by atoms with E-state index in [1.54, 1.807) is 12.4 Å². The van der Waals surface area contributed by atoms with Crippen molar-refractivity contribution in [1.82, 2.24) is 10.4 Å². The van der Waals surface area contributed by atoms with Crippen LogP contribution in [0.1, 0.15) is 36.8 Å². The highest BCUT2D eigenvalue weighted by Crippen LogP contribution is 2.21. The minimum Gasteiger partial charge on any atom is -0.354 e. The van der Waals surface area contributed by atoms with E-state index >= 15 is 0 Å². The fraction of sp³-hybridized carbons (Fsp3) is 0.211. The number of aromatic nitrogens is 1. The second-order valence-corrected chi connectivity index (χ2v) is 5.77. The minimum atomic E-state index is -0.430. The number of anilines is 2. The summed E-state index contributed by atoms with van der Waals surface area (Å²) in [6.45, 7) is 0. The van der Waals surface area contributed by atoms with Crippen LogP contribution in [0, 0.1) is 11.3 Å². The Balaban J connectivity index is 1.89. The van der Waals surface area contributed by atoms with E-state index in [-0.39, 0.29) is 5.56 Å². The zero-order valence-electron chi connectivity index (χ0n) is 13.7. The van der Waals surface area contributed by atoms with E-state index in [2.05, 4.69) is 26.9 Å². The molecule has 1 aromatic heterocycles. The van der Waals surface area contributed by atoms with E-state index in [1.807, 2.05) is 36.4 Å². The van der Waals surface area contributed by atoms with Gasteiger partial charge in [0.2, 0.25) is 0 Å². The molecule has 0 saturated heterocycles. The number of hydrogen-bond acceptors (Lipinski definition) is 5. The molecule has 6 heteroatoms. The fourth-order valence-electron chi connectivity index (χ4n) is 2.68. The van der Waals surface area contributed by atoms with E-state index in [4.69, 9.17) is 0 Å². The van der Waals surface area contributed by atoms with Crippen LogP contribution in [0.4, 0.5) is 11.4 Å². The van der Waals surface area contributed by atoms with Gasteiger partial charge in [-0.15, -0.1) is 0 Å². The van der Waals surface area contributed by atoms with Crippen molar-refractivity contribution in [3.8, 4) is 6.07 Å². The third-order valence-corrected chi connectivity index (χ3v) is 3.98. The first-order valence-corrected chi connectivity index (χ1v) is 8.24. The summed E-state index contributed by atoms with van der Waals surface area (Å²) in [5.74, 6) is 0. The van der Waals surface area contributed by atoms with E-state index in [9.17, 15) is 10.1 Å². The Labute approximate surface area is 145 Å². The van der Waals surface area contributed by atoms with Gasteiger partial charge in [0.1, 0.15) is 11.6 Å². The van der Waals surface area contributed by atoms with Gasteiger partial charge in [0.25, 0.3) is 5.56 Å². The number of para-hydroxylation sites is 1. The van der Waals surface area contributed by atoms with Crippen molar-refractivity contribution in [2.75, 3.05) is 5.32 Å². The number of benzene rings is 1. The highest BCUT2D eigenvalue weighted by Gasteiger charge is 2.12. The maximum absolute atomic E-state index is 11.9. The van der Waals surface area contributed by atoms with Crippen LogP contribution < -0.4 is 16.3 Å². The summed E-state index contributed by atoms with van der Waals surface area (Å²) in [6, 6.07) is 11.4. The molecule has 25 heavy (non-hydrogen) atoms. The summed E-state index contributed by atoms with van der Waals surface area (Å²) in [4.78, 5) is 14.5. The van der Waals surface area contributed by atoms with Crippen LogP contribution in [0.25, 0.3) is 0 Å². The molecule has 126 valence electrons. The van der Waals surface area contributed by atoms with Crippen molar-refractivity contribution >= 4 is 17.6 Å². The van der Waals surface area contributed by atoms with Gasteiger partial charge in [0.15, 0.2) is 0 Å². The summed E-state index contributed by atoms with van der Waals surface area (Å²) < 4.78 is 0. The summed E-state index contributed by atoms with van der Waals surface area (Å²) in [7, 11) is 0. The molecule has 0 unspecified atom stereocenters. The average molecular weight is 333 g/mol. The lowest BCUT2D eigenvalue weighted by Crippen LogP contribution is -2.15. The third kappa shape index (κ3) is 4.15. The van der Waals surface area contributed by atoms with Crippen molar-refractivity contribution in [2.45, 2.75) is 25.7 Å². The van der Waals surface area contributed by atoms with Gasteiger partial charge in [-0.2, -0.15) is 10.4 Å². The van der Waals surface area contributed by atoms with Crippen LogP contribution in [0.5, 0.6) is 0 Å². The zero-order chi connectivity index (χ0) is 17.5. The number of aromatic amines is 1. The Morgan fingerprint density at radius 3 is 2.80 bits per heavy atom.